The molecule has 0 aromatic heterocycles. The second kappa shape index (κ2) is 7.93. The van der Waals surface area contributed by atoms with E-state index in [2.05, 4.69) is 10.1 Å². The number of rotatable bonds is 5. The Morgan fingerprint density at radius 3 is 2.52 bits per heavy atom. The number of anilines is 1. The first-order valence-electron chi connectivity index (χ1n) is 8.29. The van der Waals surface area contributed by atoms with Gasteiger partial charge in [0.1, 0.15) is 5.75 Å². The Morgan fingerprint density at radius 2 is 1.96 bits per heavy atom. The highest BCUT2D eigenvalue weighted by atomic mass is 35.5. The van der Waals surface area contributed by atoms with Crippen molar-refractivity contribution in [3.05, 3.63) is 24.3 Å². The first-order valence-corrected chi connectivity index (χ1v) is 8.29. The molecule has 2 atom stereocenters. The van der Waals surface area contributed by atoms with Crippen molar-refractivity contribution in [2.45, 2.75) is 25.6 Å². The van der Waals surface area contributed by atoms with E-state index in [1.165, 1.54) is 12.1 Å². The Kier molecular flexibility index (Phi) is 6.26. The number of carbonyl (C=O) groups excluding carboxylic acids is 1. The minimum Gasteiger partial charge on any atom is -0.481 e. The molecule has 0 radical (unpaired) electrons. The van der Waals surface area contributed by atoms with Crippen LogP contribution in [0.2, 0.25) is 0 Å². The number of benzene rings is 1. The van der Waals surface area contributed by atoms with E-state index in [4.69, 9.17) is 0 Å². The third-order valence-electron chi connectivity index (χ3n) is 5.11. The van der Waals surface area contributed by atoms with Crippen molar-refractivity contribution in [2.75, 3.05) is 25.0 Å². The maximum absolute atomic E-state index is 12.2. The Balaban J connectivity index is 0.00000261. The zero-order chi connectivity index (χ0) is 18.9. The lowest BCUT2D eigenvalue weighted by Crippen LogP contribution is -2.37. The van der Waals surface area contributed by atoms with E-state index in [1.54, 1.807) is 0 Å². The van der Waals surface area contributed by atoms with Crippen molar-refractivity contribution in [2.24, 2.45) is 11.3 Å². The summed E-state index contributed by atoms with van der Waals surface area (Å²) < 4.78 is 40.1. The van der Waals surface area contributed by atoms with Gasteiger partial charge in [-0.3, -0.25) is 14.5 Å². The number of nitrogens with zero attached hydrogens (tertiary/aromatic N) is 1. The van der Waals surface area contributed by atoms with Crippen LogP contribution in [0.25, 0.3) is 0 Å². The number of carboxylic acids is 1. The number of aliphatic carboxylic acids is 1. The summed E-state index contributed by atoms with van der Waals surface area (Å²) in [7, 11) is 0. The van der Waals surface area contributed by atoms with Crippen LogP contribution in [-0.2, 0) is 9.59 Å². The highest BCUT2D eigenvalue weighted by molar-refractivity contribution is 5.92. The van der Waals surface area contributed by atoms with E-state index in [1.807, 2.05) is 4.90 Å². The fourth-order valence-corrected chi connectivity index (χ4v) is 4.01. The van der Waals surface area contributed by atoms with Crippen molar-refractivity contribution in [3.63, 3.8) is 0 Å². The van der Waals surface area contributed by atoms with Crippen molar-refractivity contribution in [1.82, 2.24) is 4.90 Å². The number of fused-ring (bicyclic) bond motifs is 1. The summed E-state index contributed by atoms with van der Waals surface area (Å²) in [6.45, 7) is 0.962. The Morgan fingerprint density at radius 1 is 1.30 bits per heavy atom. The predicted octanol–water partition coefficient (Wildman–Crippen LogP) is 3.13. The lowest BCUT2D eigenvalue weighted by molar-refractivity contribution is -0.274. The number of likely N-dealkylation sites (tertiary alicyclic amines) is 1. The van der Waals surface area contributed by atoms with Crippen LogP contribution in [0.15, 0.2) is 24.3 Å². The first-order chi connectivity index (χ1) is 12.2. The molecule has 1 aliphatic carbocycles. The van der Waals surface area contributed by atoms with Gasteiger partial charge >= 0.3 is 12.3 Å². The fourth-order valence-electron chi connectivity index (χ4n) is 4.01. The molecule has 6 nitrogen and oxygen atoms in total. The van der Waals surface area contributed by atoms with Gasteiger partial charge in [0.25, 0.3) is 0 Å². The Hall–Kier alpha value is -2.00. The van der Waals surface area contributed by atoms with Crippen LogP contribution >= 0.6 is 12.4 Å². The average Bonchev–Trinajstić information content (AvgIpc) is 3.05. The minimum atomic E-state index is -4.77. The van der Waals surface area contributed by atoms with Crippen LogP contribution in [0.1, 0.15) is 19.3 Å². The van der Waals surface area contributed by atoms with Gasteiger partial charge in [0.05, 0.1) is 12.0 Å². The van der Waals surface area contributed by atoms with Crippen molar-refractivity contribution < 1.29 is 32.6 Å². The molecule has 2 fully saturated rings. The predicted molar refractivity (Wildman–Crippen MR) is 92.9 cm³/mol. The highest BCUT2D eigenvalue weighted by Gasteiger charge is 2.54. The highest BCUT2D eigenvalue weighted by Crippen LogP contribution is 2.48. The molecule has 1 saturated heterocycles. The number of hydrogen-bond donors (Lipinski definition) is 2. The molecule has 1 aromatic carbocycles. The summed E-state index contributed by atoms with van der Waals surface area (Å²) >= 11 is 0. The number of amides is 1. The van der Waals surface area contributed by atoms with E-state index >= 15 is 0 Å². The topological polar surface area (TPSA) is 78.9 Å². The maximum Gasteiger partial charge on any atom is 0.573 e. The van der Waals surface area contributed by atoms with Gasteiger partial charge in [0.2, 0.25) is 5.91 Å². The van der Waals surface area contributed by atoms with E-state index < -0.39 is 17.7 Å². The minimum absolute atomic E-state index is 0. The molecular formula is C17H20ClF3N2O4. The van der Waals surface area contributed by atoms with Crippen molar-refractivity contribution in [3.8, 4) is 5.75 Å². The van der Waals surface area contributed by atoms with Crippen LogP contribution in [0.5, 0.6) is 5.75 Å². The van der Waals surface area contributed by atoms with Gasteiger partial charge in [0.15, 0.2) is 0 Å². The molecule has 3 rings (SSSR count). The number of halogens is 4. The molecule has 1 aromatic rings. The number of carbonyl (C=O) groups is 2. The van der Waals surface area contributed by atoms with Crippen LogP contribution in [0, 0.1) is 11.3 Å². The van der Waals surface area contributed by atoms with Crippen LogP contribution < -0.4 is 10.1 Å². The molecule has 27 heavy (non-hydrogen) atoms. The van der Waals surface area contributed by atoms with E-state index in [-0.39, 0.29) is 36.5 Å². The number of alkyl halides is 3. The lowest BCUT2D eigenvalue weighted by atomic mass is 9.81. The summed E-state index contributed by atoms with van der Waals surface area (Å²) in [6.07, 6.45) is -2.39. The molecule has 1 heterocycles. The molecule has 0 spiro atoms. The standard InChI is InChI=1S/C17H19F3N2O4.ClH/c18-17(19,20)26-13-5-3-12(4-6-13)21-14(23)9-22-8-11-2-1-7-16(11,10-22)15(24)25;/h3-6,11H,1-2,7-10H2,(H,21,23)(H,24,25);1H/t11-,16+;/m0./s1. The number of ether oxygens (including phenoxy) is 1. The Labute approximate surface area is 160 Å². The fraction of sp³-hybridized carbons (Fsp3) is 0.529. The quantitative estimate of drug-likeness (QED) is 0.782. The molecule has 150 valence electrons. The zero-order valence-electron chi connectivity index (χ0n) is 14.3. The molecule has 0 bridgehead atoms. The van der Waals surface area contributed by atoms with Gasteiger partial charge in [-0.15, -0.1) is 25.6 Å². The monoisotopic (exact) mass is 408 g/mol. The molecule has 10 heteroatoms. The summed E-state index contributed by atoms with van der Waals surface area (Å²) in [5.74, 6) is -1.45. The van der Waals surface area contributed by atoms with Crippen LogP contribution in [-0.4, -0.2) is 47.9 Å². The summed E-state index contributed by atoms with van der Waals surface area (Å²) in [5, 5.41) is 12.2. The van der Waals surface area contributed by atoms with Crippen molar-refractivity contribution in [1.29, 1.82) is 0 Å². The third kappa shape index (κ3) is 4.84. The van der Waals surface area contributed by atoms with Gasteiger partial charge in [-0.25, -0.2) is 0 Å². The summed E-state index contributed by atoms with van der Waals surface area (Å²) in [6, 6.07) is 4.86. The Bertz CT molecular complexity index is 698. The average molecular weight is 409 g/mol. The third-order valence-corrected chi connectivity index (χ3v) is 5.11. The molecular weight excluding hydrogens is 389 g/mol. The second-order valence-corrected chi connectivity index (χ2v) is 6.84. The molecule has 2 aliphatic rings. The summed E-state index contributed by atoms with van der Waals surface area (Å²) in [5.41, 5.74) is -0.409. The number of hydrogen-bond acceptors (Lipinski definition) is 4. The van der Waals surface area contributed by atoms with Crippen molar-refractivity contribution >= 4 is 30.0 Å². The number of carboxylic acid groups (broad SMARTS) is 1. The van der Waals surface area contributed by atoms with Gasteiger partial charge < -0.3 is 15.2 Å². The van der Waals surface area contributed by atoms with E-state index in [0.29, 0.717) is 25.2 Å². The molecule has 1 saturated carbocycles. The normalized spacial score (nSPS) is 24.8. The van der Waals surface area contributed by atoms with Gasteiger partial charge in [-0.1, -0.05) is 6.42 Å². The molecule has 1 amide bonds. The summed E-state index contributed by atoms with van der Waals surface area (Å²) in [4.78, 5) is 25.6. The largest absolute Gasteiger partial charge is 0.573 e. The smallest absolute Gasteiger partial charge is 0.481 e. The zero-order valence-corrected chi connectivity index (χ0v) is 15.1. The van der Waals surface area contributed by atoms with Crippen LogP contribution in [0.4, 0.5) is 18.9 Å². The van der Waals surface area contributed by atoms with Gasteiger partial charge in [-0.05, 0) is 43.0 Å². The van der Waals surface area contributed by atoms with Crippen LogP contribution in [0.3, 0.4) is 0 Å². The van der Waals surface area contributed by atoms with Gasteiger partial charge in [0, 0.05) is 18.8 Å². The maximum atomic E-state index is 12.2. The SMILES string of the molecule is Cl.O=C(CN1C[C@@H]2CCC[C@@]2(C(=O)O)C1)Nc1ccc(OC(F)(F)F)cc1. The van der Waals surface area contributed by atoms with E-state index in [9.17, 15) is 27.9 Å². The lowest BCUT2D eigenvalue weighted by Gasteiger charge is -2.23. The molecule has 1 aliphatic heterocycles. The second-order valence-electron chi connectivity index (χ2n) is 6.84. The number of nitrogens with one attached hydrogen (secondary N) is 1. The van der Waals surface area contributed by atoms with E-state index in [0.717, 1.165) is 25.0 Å². The molecule has 2 N–H and O–H groups in total. The van der Waals surface area contributed by atoms with Gasteiger partial charge in [-0.2, -0.15) is 0 Å². The first kappa shape index (κ1) is 21.3. The molecule has 0 unspecified atom stereocenters.